The van der Waals surface area contributed by atoms with E-state index in [1.807, 2.05) is 6.92 Å². The summed E-state index contributed by atoms with van der Waals surface area (Å²) in [5.74, 6) is -1.85. The van der Waals surface area contributed by atoms with Crippen LogP contribution in [0.3, 0.4) is 0 Å². The van der Waals surface area contributed by atoms with Gasteiger partial charge in [-0.1, -0.05) is 17.7 Å². The molecule has 2 rings (SSSR count). The molecule has 0 saturated carbocycles. The van der Waals surface area contributed by atoms with Crippen LogP contribution in [0.25, 0.3) is 0 Å². The molecule has 0 heterocycles. The van der Waals surface area contributed by atoms with Crippen molar-refractivity contribution in [3.8, 4) is 5.75 Å². The molecule has 0 unspecified atom stereocenters. The molecule has 0 aliphatic heterocycles. The van der Waals surface area contributed by atoms with Crippen molar-refractivity contribution in [1.29, 1.82) is 0 Å². The molecule has 24 heavy (non-hydrogen) atoms. The van der Waals surface area contributed by atoms with Gasteiger partial charge in [-0.05, 0) is 48.4 Å². The molecular formula is C17H14ClNO5. The van der Waals surface area contributed by atoms with Gasteiger partial charge in [0.25, 0.3) is 0 Å². The van der Waals surface area contributed by atoms with Crippen LogP contribution in [0.2, 0.25) is 5.02 Å². The second-order valence-corrected chi connectivity index (χ2v) is 5.34. The number of halogens is 1. The standard InChI is InChI=1S/C17H14ClNO5/c1-10-2-4-12(17(22)23)7-14(10)19-8-11-3-5-15(13(18)6-11)24-9-16(20)21/h2-8H,9H2,1H3,(H,20,21)(H,22,23). The van der Waals surface area contributed by atoms with E-state index in [4.69, 9.17) is 26.6 Å². The summed E-state index contributed by atoms with van der Waals surface area (Å²) >= 11 is 6.04. The van der Waals surface area contributed by atoms with Gasteiger partial charge in [0.1, 0.15) is 5.75 Å². The van der Waals surface area contributed by atoms with E-state index in [0.717, 1.165) is 5.56 Å². The lowest BCUT2D eigenvalue weighted by Gasteiger charge is -2.06. The van der Waals surface area contributed by atoms with E-state index in [-0.39, 0.29) is 16.3 Å². The Labute approximate surface area is 143 Å². The number of benzene rings is 2. The highest BCUT2D eigenvalue weighted by molar-refractivity contribution is 6.32. The number of nitrogens with zero attached hydrogens (tertiary/aromatic N) is 1. The lowest BCUT2D eigenvalue weighted by atomic mass is 10.1. The minimum Gasteiger partial charge on any atom is -0.480 e. The molecule has 0 aliphatic rings. The number of carboxylic acid groups (broad SMARTS) is 2. The summed E-state index contributed by atoms with van der Waals surface area (Å²) in [7, 11) is 0. The summed E-state index contributed by atoms with van der Waals surface area (Å²) in [6, 6.07) is 9.49. The first-order valence-electron chi connectivity index (χ1n) is 6.89. The number of carbonyl (C=O) groups is 2. The average Bonchev–Trinajstić information content (AvgIpc) is 2.52. The molecule has 0 bridgehead atoms. The number of aliphatic carboxylic acids is 1. The molecule has 7 heteroatoms. The molecule has 0 spiro atoms. The fraction of sp³-hybridized carbons (Fsp3) is 0.118. The zero-order chi connectivity index (χ0) is 17.7. The first kappa shape index (κ1) is 17.5. The molecule has 2 aromatic carbocycles. The van der Waals surface area contributed by atoms with E-state index in [2.05, 4.69) is 4.99 Å². The topological polar surface area (TPSA) is 96.2 Å². The zero-order valence-corrected chi connectivity index (χ0v) is 13.4. The molecule has 0 saturated heterocycles. The summed E-state index contributed by atoms with van der Waals surface area (Å²) in [4.78, 5) is 25.8. The summed E-state index contributed by atoms with van der Waals surface area (Å²) in [6.07, 6.45) is 1.54. The summed E-state index contributed by atoms with van der Waals surface area (Å²) in [5, 5.41) is 17.9. The van der Waals surface area contributed by atoms with Crippen molar-refractivity contribution in [1.82, 2.24) is 0 Å². The van der Waals surface area contributed by atoms with E-state index >= 15 is 0 Å². The molecule has 0 atom stereocenters. The Balaban J connectivity index is 2.20. The van der Waals surface area contributed by atoms with Gasteiger partial charge in [-0.15, -0.1) is 0 Å². The maximum Gasteiger partial charge on any atom is 0.341 e. The van der Waals surface area contributed by atoms with Gasteiger partial charge in [0.05, 0.1) is 16.3 Å². The SMILES string of the molecule is Cc1ccc(C(=O)O)cc1N=Cc1ccc(OCC(=O)O)c(Cl)c1. The van der Waals surface area contributed by atoms with Crippen LogP contribution < -0.4 is 4.74 Å². The molecule has 124 valence electrons. The number of aryl methyl sites for hydroxylation is 1. The van der Waals surface area contributed by atoms with Gasteiger partial charge in [0.2, 0.25) is 0 Å². The van der Waals surface area contributed by atoms with E-state index < -0.39 is 18.5 Å². The molecule has 0 aromatic heterocycles. The third-order valence-corrected chi connectivity index (χ3v) is 3.41. The van der Waals surface area contributed by atoms with Gasteiger partial charge in [-0.25, -0.2) is 9.59 Å². The lowest BCUT2D eigenvalue weighted by molar-refractivity contribution is -0.139. The summed E-state index contributed by atoms with van der Waals surface area (Å²) in [5.41, 5.74) is 2.20. The Kier molecular flexibility index (Phi) is 5.55. The van der Waals surface area contributed by atoms with Crippen LogP contribution in [0.15, 0.2) is 41.4 Å². The predicted octanol–water partition coefficient (Wildman–Crippen LogP) is 3.56. The van der Waals surface area contributed by atoms with Crippen molar-refractivity contribution in [2.24, 2.45) is 4.99 Å². The number of hydrogen-bond donors (Lipinski definition) is 2. The highest BCUT2D eigenvalue weighted by Gasteiger charge is 2.07. The molecular weight excluding hydrogens is 334 g/mol. The molecule has 6 nitrogen and oxygen atoms in total. The second-order valence-electron chi connectivity index (χ2n) is 4.94. The Morgan fingerprint density at radius 3 is 2.58 bits per heavy atom. The van der Waals surface area contributed by atoms with E-state index in [1.54, 1.807) is 30.5 Å². The maximum atomic E-state index is 11.0. The summed E-state index contributed by atoms with van der Waals surface area (Å²) in [6.45, 7) is 1.35. The van der Waals surface area contributed by atoms with Gasteiger partial charge in [0.15, 0.2) is 6.61 Å². The largest absolute Gasteiger partial charge is 0.480 e. The number of aromatic carboxylic acids is 1. The third-order valence-electron chi connectivity index (χ3n) is 3.12. The van der Waals surface area contributed by atoms with Gasteiger partial charge in [-0.2, -0.15) is 0 Å². The van der Waals surface area contributed by atoms with Crippen molar-refractivity contribution < 1.29 is 24.5 Å². The van der Waals surface area contributed by atoms with Gasteiger partial charge in [-0.3, -0.25) is 4.99 Å². The van der Waals surface area contributed by atoms with Crippen LogP contribution in [-0.4, -0.2) is 35.0 Å². The average molecular weight is 348 g/mol. The smallest absolute Gasteiger partial charge is 0.341 e. The van der Waals surface area contributed by atoms with Crippen LogP contribution in [0, 0.1) is 6.92 Å². The van der Waals surface area contributed by atoms with Gasteiger partial charge >= 0.3 is 11.9 Å². The Morgan fingerprint density at radius 1 is 1.21 bits per heavy atom. The number of aliphatic imine (C=N–C) groups is 1. The lowest BCUT2D eigenvalue weighted by Crippen LogP contribution is -2.09. The van der Waals surface area contributed by atoms with Crippen molar-refractivity contribution >= 4 is 35.4 Å². The Hall–Kier alpha value is -2.86. The molecule has 0 radical (unpaired) electrons. The van der Waals surface area contributed by atoms with Crippen molar-refractivity contribution in [3.63, 3.8) is 0 Å². The fourth-order valence-corrected chi connectivity index (χ4v) is 2.12. The third kappa shape index (κ3) is 4.57. The Bertz CT molecular complexity index is 817. The quantitative estimate of drug-likeness (QED) is 0.779. The van der Waals surface area contributed by atoms with Crippen LogP contribution in [0.5, 0.6) is 5.75 Å². The minimum absolute atomic E-state index is 0.156. The van der Waals surface area contributed by atoms with Crippen molar-refractivity contribution in [3.05, 3.63) is 58.1 Å². The van der Waals surface area contributed by atoms with E-state index in [9.17, 15) is 9.59 Å². The monoisotopic (exact) mass is 347 g/mol. The van der Waals surface area contributed by atoms with Crippen LogP contribution in [-0.2, 0) is 4.79 Å². The second kappa shape index (κ2) is 7.61. The van der Waals surface area contributed by atoms with Crippen LogP contribution in [0.4, 0.5) is 5.69 Å². The normalized spacial score (nSPS) is 10.8. The van der Waals surface area contributed by atoms with E-state index in [1.165, 1.54) is 12.1 Å². The first-order valence-corrected chi connectivity index (χ1v) is 7.27. The van der Waals surface area contributed by atoms with Crippen molar-refractivity contribution in [2.45, 2.75) is 6.92 Å². The number of ether oxygens (including phenoxy) is 1. The van der Waals surface area contributed by atoms with Crippen LogP contribution in [0.1, 0.15) is 21.5 Å². The first-order chi connectivity index (χ1) is 11.4. The van der Waals surface area contributed by atoms with Gasteiger partial charge < -0.3 is 14.9 Å². The highest BCUT2D eigenvalue weighted by atomic mass is 35.5. The number of hydrogen-bond acceptors (Lipinski definition) is 4. The molecule has 2 aromatic rings. The number of rotatable bonds is 6. The van der Waals surface area contributed by atoms with E-state index in [0.29, 0.717) is 11.3 Å². The molecule has 0 aliphatic carbocycles. The number of carboxylic acids is 2. The van der Waals surface area contributed by atoms with Crippen LogP contribution >= 0.6 is 11.6 Å². The molecule has 0 amide bonds. The molecule has 2 N–H and O–H groups in total. The molecule has 0 fully saturated rings. The van der Waals surface area contributed by atoms with Gasteiger partial charge in [0, 0.05) is 6.21 Å². The summed E-state index contributed by atoms with van der Waals surface area (Å²) < 4.78 is 5.04. The predicted molar refractivity (Wildman–Crippen MR) is 90.0 cm³/mol. The zero-order valence-electron chi connectivity index (χ0n) is 12.7. The van der Waals surface area contributed by atoms with Crippen molar-refractivity contribution in [2.75, 3.05) is 6.61 Å². The maximum absolute atomic E-state index is 11.0. The fourth-order valence-electron chi connectivity index (χ4n) is 1.88. The minimum atomic E-state index is -1.09. The highest BCUT2D eigenvalue weighted by Crippen LogP contribution is 2.26. The Morgan fingerprint density at radius 2 is 1.96 bits per heavy atom.